The molecule has 5 rings (SSSR count). The lowest BCUT2D eigenvalue weighted by atomic mass is 10.1. The fourth-order valence-electron chi connectivity index (χ4n) is 3.81. The molecule has 0 N–H and O–H groups in total. The van der Waals surface area contributed by atoms with Crippen LogP contribution in [-0.4, -0.2) is 65.2 Å². The van der Waals surface area contributed by atoms with Gasteiger partial charge in [-0.05, 0) is 42.8 Å². The van der Waals surface area contributed by atoms with E-state index in [1.807, 2.05) is 25.1 Å². The molecule has 0 unspecified atom stereocenters. The van der Waals surface area contributed by atoms with E-state index in [1.54, 1.807) is 29.4 Å². The van der Waals surface area contributed by atoms with Gasteiger partial charge in [-0.3, -0.25) is 24.6 Å². The number of morpholine rings is 1. The molecule has 9 heteroatoms. The Kier molecular flexibility index (Phi) is 6.01. The van der Waals surface area contributed by atoms with Crippen molar-refractivity contribution in [1.29, 1.82) is 0 Å². The highest BCUT2D eigenvalue weighted by atomic mass is 35.5. The number of halogens is 1. The number of hydrogen-bond acceptors (Lipinski definition) is 7. The molecule has 0 radical (unpaired) electrons. The van der Waals surface area contributed by atoms with Crippen LogP contribution in [0.15, 0.2) is 42.7 Å². The number of benzene rings is 2. The van der Waals surface area contributed by atoms with Crippen molar-refractivity contribution >= 4 is 55.2 Å². The molecule has 1 fully saturated rings. The minimum Gasteiger partial charge on any atom is -0.379 e. The average Bonchev–Trinajstić information content (AvgIpc) is 3.26. The van der Waals surface area contributed by atoms with E-state index in [4.69, 9.17) is 21.3 Å². The molecule has 4 aromatic rings. The number of carbonyl (C=O) groups is 1. The van der Waals surface area contributed by atoms with Gasteiger partial charge in [-0.2, -0.15) is 0 Å². The van der Waals surface area contributed by atoms with Crippen molar-refractivity contribution in [3.63, 3.8) is 0 Å². The third kappa shape index (κ3) is 4.19. The molecule has 2 aromatic heterocycles. The number of aryl methyl sites for hydroxylation is 1. The standard InChI is InChI=1S/C23H22ClN5O2S/c1-15-17(24)3-5-20-21(15)27-23(32-20)29(9-8-28-10-12-31-13-11-28)22(30)16-2-4-18-19(14-16)26-7-6-25-18/h2-7,14H,8-13H2,1H3. The van der Waals surface area contributed by atoms with E-state index < -0.39 is 0 Å². The number of fused-ring (bicyclic) bond motifs is 2. The predicted molar refractivity (Wildman–Crippen MR) is 128 cm³/mol. The van der Waals surface area contributed by atoms with Crippen molar-refractivity contribution in [2.75, 3.05) is 44.3 Å². The lowest BCUT2D eigenvalue weighted by Crippen LogP contribution is -2.43. The molecule has 0 spiro atoms. The largest absolute Gasteiger partial charge is 0.379 e. The maximum Gasteiger partial charge on any atom is 0.260 e. The van der Waals surface area contributed by atoms with Gasteiger partial charge < -0.3 is 4.74 Å². The second-order valence-corrected chi connectivity index (χ2v) is 9.10. The van der Waals surface area contributed by atoms with Crippen molar-refractivity contribution in [2.45, 2.75) is 6.92 Å². The Bertz CT molecular complexity index is 1290. The fourth-order valence-corrected chi connectivity index (χ4v) is 5.01. The Morgan fingerprint density at radius 1 is 1.16 bits per heavy atom. The molecule has 0 saturated carbocycles. The van der Waals surface area contributed by atoms with E-state index in [1.165, 1.54) is 11.3 Å². The van der Waals surface area contributed by atoms with Crippen molar-refractivity contribution in [3.05, 3.63) is 58.9 Å². The van der Waals surface area contributed by atoms with E-state index >= 15 is 0 Å². The monoisotopic (exact) mass is 467 g/mol. The molecule has 164 valence electrons. The SMILES string of the molecule is Cc1c(Cl)ccc2sc(N(CCN3CCOCC3)C(=O)c3ccc4nccnc4c3)nc12. The van der Waals surface area contributed by atoms with Crippen LogP contribution < -0.4 is 4.90 Å². The number of aromatic nitrogens is 3. The first kappa shape index (κ1) is 21.2. The number of ether oxygens (including phenoxy) is 1. The van der Waals surface area contributed by atoms with E-state index in [9.17, 15) is 4.79 Å². The molecule has 7 nitrogen and oxygen atoms in total. The molecular weight excluding hydrogens is 446 g/mol. The lowest BCUT2D eigenvalue weighted by molar-refractivity contribution is 0.0391. The number of nitrogens with zero attached hydrogens (tertiary/aromatic N) is 5. The van der Waals surface area contributed by atoms with Gasteiger partial charge in [0.1, 0.15) is 0 Å². The van der Waals surface area contributed by atoms with Crippen LogP contribution in [-0.2, 0) is 4.74 Å². The van der Waals surface area contributed by atoms with Crippen LogP contribution >= 0.6 is 22.9 Å². The summed E-state index contributed by atoms with van der Waals surface area (Å²) in [6, 6.07) is 9.27. The molecule has 0 atom stereocenters. The number of hydrogen-bond donors (Lipinski definition) is 0. The Morgan fingerprint density at radius 2 is 1.94 bits per heavy atom. The van der Waals surface area contributed by atoms with Crippen LogP contribution in [0.25, 0.3) is 21.3 Å². The van der Waals surface area contributed by atoms with Crippen LogP contribution in [0.1, 0.15) is 15.9 Å². The fraction of sp³-hybridized carbons (Fsp3) is 0.304. The first-order valence-corrected chi connectivity index (χ1v) is 11.7. The Morgan fingerprint density at radius 3 is 2.75 bits per heavy atom. The van der Waals surface area contributed by atoms with Gasteiger partial charge in [-0.1, -0.05) is 22.9 Å². The number of carbonyl (C=O) groups excluding carboxylic acids is 1. The third-order valence-electron chi connectivity index (χ3n) is 5.67. The van der Waals surface area contributed by atoms with Crippen LogP contribution in [0.2, 0.25) is 5.02 Å². The molecule has 3 heterocycles. The smallest absolute Gasteiger partial charge is 0.260 e. The highest BCUT2D eigenvalue weighted by Gasteiger charge is 2.24. The van der Waals surface area contributed by atoms with Gasteiger partial charge in [0.2, 0.25) is 0 Å². The molecule has 0 bridgehead atoms. The quantitative estimate of drug-likeness (QED) is 0.438. The summed E-state index contributed by atoms with van der Waals surface area (Å²) in [5, 5.41) is 1.34. The average molecular weight is 468 g/mol. The van der Waals surface area contributed by atoms with Gasteiger partial charge in [0.05, 0.1) is 34.5 Å². The first-order chi connectivity index (χ1) is 15.6. The van der Waals surface area contributed by atoms with E-state index in [0.717, 1.165) is 54.1 Å². The summed E-state index contributed by atoms with van der Waals surface area (Å²) in [5.41, 5.74) is 3.78. The molecule has 0 aliphatic carbocycles. The molecule has 1 aliphatic rings. The maximum absolute atomic E-state index is 13.7. The minimum atomic E-state index is -0.103. The van der Waals surface area contributed by atoms with Crippen molar-refractivity contribution < 1.29 is 9.53 Å². The Labute approximate surface area is 194 Å². The number of amides is 1. The molecule has 1 aliphatic heterocycles. The zero-order chi connectivity index (χ0) is 22.1. The van der Waals surface area contributed by atoms with Gasteiger partial charge in [0.15, 0.2) is 5.13 Å². The van der Waals surface area contributed by atoms with Crippen LogP contribution in [0.3, 0.4) is 0 Å². The molecule has 32 heavy (non-hydrogen) atoms. The van der Waals surface area contributed by atoms with Gasteiger partial charge in [0, 0.05) is 49.2 Å². The molecule has 1 saturated heterocycles. The van der Waals surface area contributed by atoms with Crippen molar-refractivity contribution in [3.8, 4) is 0 Å². The molecule has 2 aromatic carbocycles. The Hall–Kier alpha value is -2.65. The lowest BCUT2D eigenvalue weighted by Gasteiger charge is -2.29. The number of rotatable bonds is 5. The number of anilines is 1. The summed E-state index contributed by atoms with van der Waals surface area (Å²) in [6.07, 6.45) is 3.28. The predicted octanol–water partition coefficient (Wildman–Crippen LogP) is 4.18. The summed E-state index contributed by atoms with van der Waals surface area (Å²) in [5.74, 6) is -0.103. The summed E-state index contributed by atoms with van der Waals surface area (Å²) in [4.78, 5) is 31.2. The van der Waals surface area contributed by atoms with Crippen LogP contribution in [0.4, 0.5) is 5.13 Å². The zero-order valence-electron chi connectivity index (χ0n) is 17.6. The highest BCUT2D eigenvalue weighted by molar-refractivity contribution is 7.22. The number of thiazole rings is 1. The van der Waals surface area contributed by atoms with Crippen molar-refractivity contribution in [1.82, 2.24) is 19.9 Å². The zero-order valence-corrected chi connectivity index (χ0v) is 19.2. The molecular formula is C23H22ClN5O2S. The second kappa shape index (κ2) is 9.07. The summed E-state index contributed by atoms with van der Waals surface area (Å²) < 4.78 is 6.46. The second-order valence-electron chi connectivity index (χ2n) is 7.69. The van der Waals surface area contributed by atoms with Crippen molar-refractivity contribution in [2.24, 2.45) is 0 Å². The van der Waals surface area contributed by atoms with Gasteiger partial charge >= 0.3 is 0 Å². The van der Waals surface area contributed by atoms with Gasteiger partial charge in [0.25, 0.3) is 5.91 Å². The van der Waals surface area contributed by atoms with Crippen LogP contribution in [0, 0.1) is 6.92 Å². The maximum atomic E-state index is 13.7. The third-order valence-corrected chi connectivity index (χ3v) is 7.13. The molecule has 1 amide bonds. The topological polar surface area (TPSA) is 71.5 Å². The van der Waals surface area contributed by atoms with E-state index in [-0.39, 0.29) is 5.91 Å². The summed E-state index contributed by atoms with van der Waals surface area (Å²) >= 11 is 7.81. The summed E-state index contributed by atoms with van der Waals surface area (Å²) in [7, 11) is 0. The first-order valence-electron chi connectivity index (χ1n) is 10.5. The van der Waals surface area contributed by atoms with Crippen LogP contribution in [0.5, 0.6) is 0 Å². The van der Waals surface area contributed by atoms with Gasteiger partial charge in [-0.15, -0.1) is 0 Å². The highest BCUT2D eigenvalue weighted by Crippen LogP contribution is 2.34. The minimum absolute atomic E-state index is 0.103. The van der Waals surface area contributed by atoms with E-state index in [2.05, 4.69) is 14.9 Å². The summed E-state index contributed by atoms with van der Waals surface area (Å²) in [6.45, 7) is 6.40. The van der Waals surface area contributed by atoms with E-state index in [0.29, 0.717) is 27.8 Å². The normalized spacial score (nSPS) is 14.8. The van der Waals surface area contributed by atoms with Gasteiger partial charge in [-0.25, -0.2) is 4.98 Å². The Balaban J connectivity index is 1.50.